The van der Waals surface area contributed by atoms with Gasteiger partial charge >= 0.3 is 0 Å². The summed E-state index contributed by atoms with van der Waals surface area (Å²) in [5.41, 5.74) is 1.01. The van der Waals surface area contributed by atoms with Gasteiger partial charge in [0, 0.05) is 12.7 Å². The van der Waals surface area contributed by atoms with Crippen LogP contribution >= 0.6 is 0 Å². The van der Waals surface area contributed by atoms with Gasteiger partial charge in [0.25, 0.3) is 0 Å². The number of aliphatic hydroxyl groups is 1. The summed E-state index contributed by atoms with van der Waals surface area (Å²) in [5.74, 6) is 0.291. The monoisotopic (exact) mass is 210 g/mol. The number of benzene rings is 1. The molecule has 3 heteroatoms. The van der Waals surface area contributed by atoms with E-state index in [1.54, 1.807) is 6.07 Å². The second-order valence-corrected chi connectivity index (χ2v) is 4.29. The molecule has 0 aliphatic heterocycles. The van der Waals surface area contributed by atoms with Gasteiger partial charge in [-0.1, -0.05) is 6.07 Å². The minimum atomic E-state index is -0.288. The number of hydrogen-bond donors (Lipinski definition) is 1. The SMILES string of the molecule is COc1cc(F)ccc1CC1(CO)CC1. The molecule has 0 amide bonds. The van der Waals surface area contributed by atoms with Gasteiger partial charge in [0.2, 0.25) is 0 Å². The first-order chi connectivity index (χ1) is 7.19. The first-order valence-corrected chi connectivity index (χ1v) is 5.12. The van der Waals surface area contributed by atoms with Gasteiger partial charge in [-0.05, 0) is 36.3 Å². The molecule has 0 bridgehead atoms. The first kappa shape index (κ1) is 10.4. The van der Waals surface area contributed by atoms with Crippen molar-refractivity contribution in [3.63, 3.8) is 0 Å². The second kappa shape index (κ2) is 3.81. The zero-order chi connectivity index (χ0) is 10.9. The van der Waals surface area contributed by atoms with Crippen LogP contribution in [0.1, 0.15) is 18.4 Å². The fourth-order valence-electron chi connectivity index (χ4n) is 1.84. The highest BCUT2D eigenvalue weighted by Gasteiger charge is 2.42. The second-order valence-electron chi connectivity index (χ2n) is 4.29. The summed E-state index contributed by atoms with van der Waals surface area (Å²) >= 11 is 0. The minimum Gasteiger partial charge on any atom is -0.496 e. The Balaban J connectivity index is 2.20. The molecule has 0 atom stereocenters. The predicted molar refractivity (Wildman–Crippen MR) is 55.4 cm³/mol. The Morgan fingerprint density at radius 2 is 2.20 bits per heavy atom. The van der Waals surface area contributed by atoms with Crippen LogP contribution in [-0.4, -0.2) is 18.8 Å². The molecule has 82 valence electrons. The summed E-state index contributed by atoms with van der Waals surface area (Å²) in [7, 11) is 1.54. The van der Waals surface area contributed by atoms with E-state index in [-0.39, 0.29) is 17.8 Å². The Hall–Kier alpha value is -1.09. The number of hydrogen-bond acceptors (Lipinski definition) is 2. The highest BCUT2D eigenvalue weighted by Crippen LogP contribution is 2.48. The highest BCUT2D eigenvalue weighted by atomic mass is 19.1. The van der Waals surface area contributed by atoms with E-state index in [0.29, 0.717) is 5.75 Å². The Morgan fingerprint density at radius 3 is 2.73 bits per heavy atom. The normalized spacial score (nSPS) is 17.5. The van der Waals surface area contributed by atoms with Crippen molar-refractivity contribution < 1.29 is 14.2 Å². The highest BCUT2D eigenvalue weighted by molar-refractivity contribution is 5.35. The van der Waals surface area contributed by atoms with Crippen molar-refractivity contribution in [2.45, 2.75) is 19.3 Å². The third kappa shape index (κ3) is 2.12. The lowest BCUT2D eigenvalue weighted by Crippen LogP contribution is -2.11. The van der Waals surface area contributed by atoms with Crippen molar-refractivity contribution in [3.05, 3.63) is 29.6 Å². The third-order valence-electron chi connectivity index (χ3n) is 3.11. The number of ether oxygens (including phenoxy) is 1. The Bertz CT molecular complexity index is 359. The van der Waals surface area contributed by atoms with Crippen molar-refractivity contribution in [1.29, 1.82) is 0 Å². The van der Waals surface area contributed by atoms with Crippen molar-refractivity contribution in [2.75, 3.05) is 13.7 Å². The van der Waals surface area contributed by atoms with Crippen LogP contribution in [0.2, 0.25) is 0 Å². The molecule has 2 nitrogen and oxygen atoms in total. The molecule has 0 heterocycles. The third-order valence-corrected chi connectivity index (χ3v) is 3.11. The van der Waals surface area contributed by atoms with Gasteiger partial charge in [0.15, 0.2) is 0 Å². The van der Waals surface area contributed by atoms with Gasteiger partial charge in [0.1, 0.15) is 11.6 Å². The van der Waals surface area contributed by atoms with Gasteiger partial charge < -0.3 is 9.84 Å². The van der Waals surface area contributed by atoms with E-state index in [1.807, 2.05) is 0 Å². The molecule has 1 saturated carbocycles. The molecule has 1 aromatic rings. The summed E-state index contributed by atoms with van der Waals surface area (Å²) in [6.45, 7) is 0.202. The van der Waals surface area contributed by atoms with Crippen LogP contribution in [0.4, 0.5) is 4.39 Å². The summed E-state index contributed by atoms with van der Waals surface area (Å²) in [5, 5.41) is 9.22. The van der Waals surface area contributed by atoms with Gasteiger partial charge in [-0.25, -0.2) is 4.39 Å². The lowest BCUT2D eigenvalue weighted by atomic mass is 9.97. The van der Waals surface area contributed by atoms with Crippen LogP contribution in [0.3, 0.4) is 0 Å². The van der Waals surface area contributed by atoms with E-state index in [4.69, 9.17) is 4.74 Å². The summed E-state index contributed by atoms with van der Waals surface area (Å²) in [6, 6.07) is 4.57. The fraction of sp³-hybridized carbons (Fsp3) is 0.500. The summed E-state index contributed by atoms with van der Waals surface area (Å²) in [4.78, 5) is 0. The zero-order valence-electron chi connectivity index (χ0n) is 8.79. The van der Waals surface area contributed by atoms with Crippen LogP contribution < -0.4 is 4.74 Å². The number of methoxy groups -OCH3 is 1. The average Bonchev–Trinajstić information content (AvgIpc) is 3.01. The molecule has 0 radical (unpaired) electrons. The van der Waals surface area contributed by atoms with E-state index >= 15 is 0 Å². The molecule has 0 saturated heterocycles. The van der Waals surface area contributed by atoms with Gasteiger partial charge in [-0.3, -0.25) is 0 Å². The molecular weight excluding hydrogens is 195 g/mol. The van der Waals surface area contributed by atoms with E-state index in [1.165, 1.54) is 19.2 Å². The Kier molecular flexibility index (Phi) is 2.65. The van der Waals surface area contributed by atoms with Crippen LogP contribution in [0.25, 0.3) is 0 Å². The van der Waals surface area contributed by atoms with Crippen LogP contribution in [0.5, 0.6) is 5.75 Å². The van der Waals surface area contributed by atoms with Gasteiger partial charge in [0.05, 0.1) is 7.11 Å². The average molecular weight is 210 g/mol. The molecule has 0 spiro atoms. The molecule has 1 aliphatic rings. The van der Waals surface area contributed by atoms with Crippen molar-refractivity contribution in [1.82, 2.24) is 0 Å². The number of aliphatic hydroxyl groups excluding tert-OH is 1. The standard InChI is InChI=1S/C12H15FO2/c1-15-11-6-10(13)3-2-9(11)7-12(8-14)4-5-12/h2-3,6,14H,4-5,7-8H2,1H3. The smallest absolute Gasteiger partial charge is 0.126 e. The number of rotatable bonds is 4. The van der Waals surface area contributed by atoms with E-state index < -0.39 is 0 Å². The van der Waals surface area contributed by atoms with Crippen molar-refractivity contribution in [2.24, 2.45) is 5.41 Å². The van der Waals surface area contributed by atoms with Gasteiger partial charge in [-0.2, -0.15) is 0 Å². The van der Waals surface area contributed by atoms with Crippen molar-refractivity contribution in [3.8, 4) is 5.75 Å². The van der Waals surface area contributed by atoms with Crippen molar-refractivity contribution >= 4 is 0 Å². The molecule has 1 aliphatic carbocycles. The maximum atomic E-state index is 12.9. The van der Waals surface area contributed by atoms with E-state index in [9.17, 15) is 9.50 Å². The molecule has 0 aromatic heterocycles. The quantitative estimate of drug-likeness (QED) is 0.825. The van der Waals surface area contributed by atoms with Crippen LogP contribution in [0.15, 0.2) is 18.2 Å². The lowest BCUT2D eigenvalue weighted by Gasteiger charge is -2.14. The Labute approximate surface area is 88.7 Å². The molecule has 1 N–H and O–H groups in total. The largest absolute Gasteiger partial charge is 0.496 e. The fourth-order valence-corrected chi connectivity index (χ4v) is 1.84. The minimum absolute atomic E-state index is 0.0328. The molecular formula is C12H15FO2. The van der Waals surface area contributed by atoms with Crippen LogP contribution in [0, 0.1) is 11.2 Å². The Morgan fingerprint density at radius 1 is 1.47 bits per heavy atom. The molecule has 0 unspecified atom stereocenters. The summed E-state index contributed by atoms with van der Waals surface area (Å²) < 4.78 is 18.1. The number of halogens is 1. The van der Waals surface area contributed by atoms with Crippen LogP contribution in [-0.2, 0) is 6.42 Å². The van der Waals surface area contributed by atoms with Gasteiger partial charge in [-0.15, -0.1) is 0 Å². The topological polar surface area (TPSA) is 29.5 Å². The van der Waals surface area contributed by atoms with E-state index in [2.05, 4.69) is 0 Å². The summed E-state index contributed by atoms with van der Waals surface area (Å²) in [6.07, 6.45) is 2.86. The lowest BCUT2D eigenvalue weighted by molar-refractivity contribution is 0.210. The molecule has 15 heavy (non-hydrogen) atoms. The predicted octanol–water partition coefficient (Wildman–Crippen LogP) is 2.15. The molecule has 2 rings (SSSR count). The molecule has 1 aromatic carbocycles. The maximum Gasteiger partial charge on any atom is 0.126 e. The van der Waals surface area contributed by atoms with E-state index in [0.717, 1.165) is 24.8 Å². The zero-order valence-corrected chi connectivity index (χ0v) is 8.79. The first-order valence-electron chi connectivity index (χ1n) is 5.12. The molecule has 1 fully saturated rings. The maximum absolute atomic E-state index is 12.9.